The Balaban J connectivity index is 1.92. The highest BCUT2D eigenvalue weighted by atomic mass is 35.5. The zero-order valence-electron chi connectivity index (χ0n) is 12.8. The summed E-state index contributed by atoms with van der Waals surface area (Å²) in [7, 11) is 0. The van der Waals surface area contributed by atoms with Gasteiger partial charge in [0.15, 0.2) is 0 Å². The molecule has 0 N–H and O–H groups in total. The minimum Gasteiger partial charge on any atom is -0.362 e. The van der Waals surface area contributed by atoms with E-state index in [1.165, 1.54) is 0 Å². The summed E-state index contributed by atoms with van der Waals surface area (Å²) in [6.07, 6.45) is 3.78. The maximum absolute atomic E-state index is 12.4. The van der Waals surface area contributed by atoms with Crippen LogP contribution in [0.1, 0.15) is 19.8 Å². The summed E-state index contributed by atoms with van der Waals surface area (Å²) in [5.74, 6) is 0.207. The molecule has 4 nitrogen and oxygen atoms in total. The number of hydrogen-bond donors (Lipinski definition) is 0. The number of halogens is 1. The van der Waals surface area contributed by atoms with E-state index in [4.69, 9.17) is 11.6 Å². The standard InChI is InChI=1S/C17H20ClN3O/c1-2-8-20-9-3-10-21(12-17(20)22)16-6-7-19-15-11-13(18)4-5-14(15)16/h4-7,11H,2-3,8-10,12H2,1H3. The van der Waals surface area contributed by atoms with Gasteiger partial charge in [-0.2, -0.15) is 0 Å². The lowest BCUT2D eigenvalue weighted by atomic mass is 10.1. The van der Waals surface area contributed by atoms with Gasteiger partial charge in [0, 0.05) is 41.9 Å². The van der Waals surface area contributed by atoms with E-state index >= 15 is 0 Å². The van der Waals surface area contributed by atoms with Crippen LogP contribution in [0.4, 0.5) is 5.69 Å². The number of hydrogen-bond acceptors (Lipinski definition) is 3. The maximum Gasteiger partial charge on any atom is 0.242 e. The molecule has 0 unspecified atom stereocenters. The Bertz CT molecular complexity index is 689. The average Bonchev–Trinajstić information content (AvgIpc) is 2.69. The van der Waals surface area contributed by atoms with Crippen molar-refractivity contribution in [2.24, 2.45) is 0 Å². The van der Waals surface area contributed by atoms with Crippen LogP contribution < -0.4 is 4.90 Å². The Labute approximate surface area is 135 Å². The number of rotatable bonds is 3. The van der Waals surface area contributed by atoms with E-state index in [-0.39, 0.29) is 5.91 Å². The van der Waals surface area contributed by atoms with Gasteiger partial charge in [-0.15, -0.1) is 0 Å². The molecule has 0 saturated carbocycles. The first-order chi connectivity index (χ1) is 10.7. The molecule has 2 heterocycles. The Morgan fingerprint density at radius 1 is 1.27 bits per heavy atom. The second kappa shape index (κ2) is 6.53. The number of pyridine rings is 1. The van der Waals surface area contributed by atoms with Crippen LogP contribution in [0, 0.1) is 0 Å². The van der Waals surface area contributed by atoms with E-state index in [2.05, 4.69) is 16.8 Å². The normalized spacial score (nSPS) is 16.2. The molecule has 1 aliphatic heterocycles. The van der Waals surface area contributed by atoms with Gasteiger partial charge < -0.3 is 9.80 Å². The van der Waals surface area contributed by atoms with E-state index in [0.717, 1.165) is 49.1 Å². The van der Waals surface area contributed by atoms with Crippen LogP contribution in [0.3, 0.4) is 0 Å². The van der Waals surface area contributed by atoms with Gasteiger partial charge in [-0.3, -0.25) is 9.78 Å². The summed E-state index contributed by atoms with van der Waals surface area (Å²) in [6, 6.07) is 7.71. The zero-order valence-corrected chi connectivity index (χ0v) is 13.5. The lowest BCUT2D eigenvalue weighted by Gasteiger charge is -2.24. The number of aromatic nitrogens is 1. The van der Waals surface area contributed by atoms with Crippen molar-refractivity contribution < 1.29 is 4.79 Å². The molecule has 1 aliphatic rings. The van der Waals surface area contributed by atoms with Gasteiger partial charge in [-0.05, 0) is 37.1 Å². The third-order valence-corrected chi connectivity index (χ3v) is 4.29. The Morgan fingerprint density at radius 2 is 2.14 bits per heavy atom. The summed E-state index contributed by atoms with van der Waals surface area (Å²) in [5, 5.41) is 1.72. The highest BCUT2D eigenvalue weighted by Gasteiger charge is 2.22. The van der Waals surface area contributed by atoms with E-state index < -0.39 is 0 Å². The van der Waals surface area contributed by atoms with Crippen LogP contribution in [0.25, 0.3) is 10.9 Å². The first-order valence-corrected chi connectivity index (χ1v) is 8.14. The minimum atomic E-state index is 0.207. The van der Waals surface area contributed by atoms with Gasteiger partial charge >= 0.3 is 0 Å². The van der Waals surface area contributed by atoms with Crippen LogP contribution in [0.2, 0.25) is 5.02 Å². The summed E-state index contributed by atoms with van der Waals surface area (Å²) < 4.78 is 0. The molecule has 1 fully saturated rings. The lowest BCUT2D eigenvalue weighted by molar-refractivity contribution is -0.129. The number of nitrogens with zero attached hydrogens (tertiary/aromatic N) is 3. The summed E-state index contributed by atoms with van der Waals surface area (Å²) in [5.41, 5.74) is 1.93. The number of carbonyl (C=O) groups excluding carboxylic acids is 1. The molecule has 116 valence electrons. The van der Waals surface area contributed by atoms with Crippen molar-refractivity contribution in [3.05, 3.63) is 35.5 Å². The zero-order chi connectivity index (χ0) is 15.5. The van der Waals surface area contributed by atoms with Crippen molar-refractivity contribution in [3.63, 3.8) is 0 Å². The predicted octanol–water partition coefficient (Wildman–Crippen LogP) is 3.34. The van der Waals surface area contributed by atoms with Crippen LogP contribution >= 0.6 is 11.6 Å². The topological polar surface area (TPSA) is 36.4 Å². The average molecular weight is 318 g/mol. The van der Waals surface area contributed by atoms with Gasteiger partial charge in [0.25, 0.3) is 0 Å². The summed E-state index contributed by atoms with van der Waals surface area (Å²) in [6.45, 7) is 5.11. The molecule has 0 atom stereocenters. The van der Waals surface area contributed by atoms with Crippen molar-refractivity contribution in [2.75, 3.05) is 31.1 Å². The van der Waals surface area contributed by atoms with Crippen LogP contribution in [-0.4, -0.2) is 42.0 Å². The number of benzene rings is 1. The molecular formula is C17H20ClN3O. The number of carbonyl (C=O) groups is 1. The number of fused-ring (bicyclic) bond motifs is 1. The quantitative estimate of drug-likeness (QED) is 0.871. The maximum atomic E-state index is 12.4. The third-order valence-electron chi connectivity index (χ3n) is 4.05. The third kappa shape index (κ3) is 3.02. The Morgan fingerprint density at radius 3 is 2.95 bits per heavy atom. The van der Waals surface area contributed by atoms with Crippen molar-refractivity contribution in [2.45, 2.75) is 19.8 Å². The molecule has 1 saturated heterocycles. The highest BCUT2D eigenvalue weighted by Crippen LogP contribution is 2.28. The SMILES string of the molecule is CCCN1CCCN(c2ccnc3cc(Cl)ccc23)CC1=O. The highest BCUT2D eigenvalue weighted by molar-refractivity contribution is 6.31. The molecule has 1 aromatic carbocycles. The van der Waals surface area contributed by atoms with Gasteiger partial charge in [0.1, 0.15) is 0 Å². The van der Waals surface area contributed by atoms with Gasteiger partial charge in [-0.1, -0.05) is 18.5 Å². The number of anilines is 1. The fraction of sp³-hybridized carbons (Fsp3) is 0.412. The second-order valence-corrected chi connectivity index (χ2v) is 6.08. The lowest BCUT2D eigenvalue weighted by Crippen LogP contribution is -2.37. The summed E-state index contributed by atoms with van der Waals surface area (Å²) in [4.78, 5) is 20.9. The van der Waals surface area contributed by atoms with E-state index in [9.17, 15) is 4.79 Å². The van der Waals surface area contributed by atoms with Gasteiger partial charge in [0.2, 0.25) is 5.91 Å². The second-order valence-electron chi connectivity index (χ2n) is 5.65. The van der Waals surface area contributed by atoms with Crippen LogP contribution in [0.5, 0.6) is 0 Å². The number of amides is 1. The van der Waals surface area contributed by atoms with Crippen molar-refractivity contribution in [3.8, 4) is 0 Å². The summed E-state index contributed by atoms with van der Waals surface area (Å²) >= 11 is 6.05. The van der Waals surface area contributed by atoms with Crippen molar-refractivity contribution in [1.82, 2.24) is 9.88 Å². The fourth-order valence-corrected chi connectivity index (χ4v) is 3.18. The predicted molar refractivity (Wildman–Crippen MR) is 90.5 cm³/mol. The van der Waals surface area contributed by atoms with Crippen LogP contribution in [-0.2, 0) is 4.79 Å². The van der Waals surface area contributed by atoms with E-state index in [1.807, 2.05) is 29.2 Å². The monoisotopic (exact) mass is 317 g/mol. The first-order valence-electron chi connectivity index (χ1n) is 7.76. The molecule has 0 bridgehead atoms. The molecular weight excluding hydrogens is 298 g/mol. The van der Waals surface area contributed by atoms with E-state index in [1.54, 1.807) is 6.20 Å². The minimum absolute atomic E-state index is 0.207. The molecule has 22 heavy (non-hydrogen) atoms. The molecule has 0 aliphatic carbocycles. The molecule has 2 aromatic rings. The molecule has 5 heteroatoms. The Hall–Kier alpha value is -1.81. The molecule has 1 amide bonds. The molecule has 0 spiro atoms. The Kier molecular flexibility index (Phi) is 4.48. The molecule has 3 rings (SSSR count). The smallest absolute Gasteiger partial charge is 0.242 e. The molecule has 0 radical (unpaired) electrons. The molecule has 1 aromatic heterocycles. The van der Waals surface area contributed by atoms with Gasteiger partial charge in [-0.25, -0.2) is 0 Å². The largest absolute Gasteiger partial charge is 0.362 e. The first kappa shape index (κ1) is 15.1. The van der Waals surface area contributed by atoms with Gasteiger partial charge in [0.05, 0.1) is 12.1 Å². The van der Waals surface area contributed by atoms with Crippen molar-refractivity contribution >= 4 is 34.1 Å². The fourth-order valence-electron chi connectivity index (χ4n) is 3.01. The van der Waals surface area contributed by atoms with Crippen molar-refractivity contribution in [1.29, 1.82) is 0 Å². The van der Waals surface area contributed by atoms with E-state index in [0.29, 0.717) is 11.6 Å². The van der Waals surface area contributed by atoms with Crippen LogP contribution in [0.15, 0.2) is 30.5 Å².